The van der Waals surface area contributed by atoms with Gasteiger partial charge in [0.2, 0.25) is 0 Å². The van der Waals surface area contributed by atoms with E-state index < -0.39 is 0 Å². The molecule has 0 fully saturated rings. The Morgan fingerprint density at radius 3 is 2.53 bits per heavy atom. The summed E-state index contributed by atoms with van der Waals surface area (Å²) < 4.78 is 0.794. The molecule has 0 bridgehead atoms. The SMILES string of the molecule is Cc1ccc(CNC(=O)Nc2nc3ccc(C(=O)Nc4c(C)cccc4Cl)cc3s2)cc1. The fourth-order valence-corrected chi connectivity index (χ4v) is 4.29. The number of hydrogen-bond acceptors (Lipinski definition) is 4. The van der Waals surface area contributed by atoms with Gasteiger partial charge in [0.25, 0.3) is 5.91 Å². The smallest absolute Gasteiger partial charge is 0.321 e. The number of nitrogens with one attached hydrogen (secondary N) is 3. The van der Waals surface area contributed by atoms with E-state index in [1.165, 1.54) is 16.9 Å². The average molecular weight is 465 g/mol. The van der Waals surface area contributed by atoms with E-state index in [-0.39, 0.29) is 11.9 Å². The van der Waals surface area contributed by atoms with Crippen LogP contribution in [0.5, 0.6) is 0 Å². The van der Waals surface area contributed by atoms with Crippen molar-refractivity contribution in [3.05, 3.63) is 87.9 Å². The third kappa shape index (κ3) is 5.07. The Balaban J connectivity index is 1.42. The molecule has 1 aromatic heterocycles. The summed E-state index contributed by atoms with van der Waals surface area (Å²) in [6.45, 7) is 4.32. The number of rotatable bonds is 5. The van der Waals surface area contributed by atoms with E-state index in [0.717, 1.165) is 15.8 Å². The van der Waals surface area contributed by atoms with E-state index >= 15 is 0 Å². The molecule has 0 aliphatic heterocycles. The van der Waals surface area contributed by atoms with Crippen LogP contribution in [0, 0.1) is 13.8 Å². The number of thiazole rings is 1. The maximum Gasteiger partial charge on any atom is 0.321 e. The molecule has 3 amide bonds. The van der Waals surface area contributed by atoms with Crippen molar-refractivity contribution in [2.75, 3.05) is 10.6 Å². The number of fused-ring (bicyclic) bond motifs is 1. The van der Waals surface area contributed by atoms with Crippen molar-refractivity contribution in [1.82, 2.24) is 10.3 Å². The summed E-state index contributed by atoms with van der Waals surface area (Å²) in [5.74, 6) is -0.262. The summed E-state index contributed by atoms with van der Waals surface area (Å²) in [6, 6.07) is 18.3. The molecule has 0 saturated carbocycles. The molecule has 8 heteroatoms. The first-order valence-electron chi connectivity index (χ1n) is 9.96. The fourth-order valence-electron chi connectivity index (χ4n) is 3.12. The lowest BCUT2D eigenvalue weighted by atomic mass is 10.1. The summed E-state index contributed by atoms with van der Waals surface area (Å²) in [7, 11) is 0. The van der Waals surface area contributed by atoms with Crippen molar-refractivity contribution in [3.63, 3.8) is 0 Å². The van der Waals surface area contributed by atoms with Crippen LogP contribution in [0.15, 0.2) is 60.7 Å². The monoisotopic (exact) mass is 464 g/mol. The van der Waals surface area contributed by atoms with Crippen LogP contribution >= 0.6 is 22.9 Å². The van der Waals surface area contributed by atoms with Gasteiger partial charge in [-0.25, -0.2) is 9.78 Å². The van der Waals surface area contributed by atoms with Crippen LogP contribution in [0.1, 0.15) is 27.0 Å². The largest absolute Gasteiger partial charge is 0.334 e. The molecule has 0 radical (unpaired) electrons. The van der Waals surface area contributed by atoms with Gasteiger partial charge in [-0.05, 0) is 49.2 Å². The number of urea groups is 1. The Labute approximate surface area is 194 Å². The van der Waals surface area contributed by atoms with E-state index in [2.05, 4.69) is 20.9 Å². The molecule has 6 nitrogen and oxygen atoms in total. The van der Waals surface area contributed by atoms with Crippen LogP contribution in [0.4, 0.5) is 15.6 Å². The highest BCUT2D eigenvalue weighted by Crippen LogP contribution is 2.29. The maximum atomic E-state index is 12.7. The molecule has 0 aliphatic carbocycles. The number of halogens is 1. The van der Waals surface area contributed by atoms with Gasteiger partial charge in [0.15, 0.2) is 5.13 Å². The molecule has 1 heterocycles. The summed E-state index contributed by atoms with van der Waals surface area (Å²) in [5, 5.41) is 9.39. The maximum absolute atomic E-state index is 12.7. The second-order valence-electron chi connectivity index (χ2n) is 7.38. The van der Waals surface area contributed by atoms with Crippen molar-refractivity contribution in [1.29, 1.82) is 0 Å². The van der Waals surface area contributed by atoms with Crippen molar-refractivity contribution in [2.24, 2.45) is 0 Å². The molecule has 4 rings (SSSR count). The van der Waals surface area contributed by atoms with Gasteiger partial charge in [-0.3, -0.25) is 10.1 Å². The number of carbonyl (C=O) groups is 2. The lowest BCUT2D eigenvalue weighted by molar-refractivity contribution is 0.102. The number of carbonyl (C=O) groups excluding carboxylic acids is 2. The van der Waals surface area contributed by atoms with Crippen LogP contribution in [-0.2, 0) is 6.54 Å². The van der Waals surface area contributed by atoms with Crippen molar-refractivity contribution in [3.8, 4) is 0 Å². The third-order valence-corrected chi connectivity index (χ3v) is 6.15. The third-order valence-electron chi connectivity index (χ3n) is 4.91. The number of nitrogens with zero attached hydrogens (tertiary/aromatic N) is 1. The van der Waals surface area contributed by atoms with E-state index in [4.69, 9.17) is 11.6 Å². The molecule has 0 saturated heterocycles. The lowest BCUT2D eigenvalue weighted by Gasteiger charge is -2.10. The highest BCUT2D eigenvalue weighted by Gasteiger charge is 2.13. The van der Waals surface area contributed by atoms with Crippen LogP contribution in [-0.4, -0.2) is 16.9 Å². The standard InChI is InChI=1S/C24H21ClN4O2S/c1-14-6-8-16(9-7-14)13-26-23(31)29-24-27-19-11-10-17(12-20(19)32-24)22(30)28-21-15(2)4-3-5-18(21)25/h3-12H,13H2,1-2H3,(H,28,30)(H2,26,27,29,31). The molecule has 0 aliphatic rings. The van der Waals surface area contributed by atoms with Crippen molar-refractivity contribution in [2.45, 2.75) is 20.4 Å². The number of amides is 3. The molecular formula is C24H21ClN4O2S. The van der Waals surface area contributed by atoms with Gasteiger partial charge < -0.3 is 10.6 Å². The molecule has 32 heavy (non-hydrogen) atoms. The molecule has 0 spiro atoms. The summed E-state index contributed by atoms with van der Waals surface area (Å²) in [4.78, 5) is 29.4. The summed E-state index contributed by atoms with van der Waals surface area (Å²) >= 11 is 7.52. The Morgan fingerprint density at radius 1 is 1.00 bits per heavy atom. The Hall–Kier alpha value is -3.42. The molecule has 0 atom stereocenters. The molecule has 4 aromatic rings. The molecule has 0 unspecified atom stereocenters. The van der Waals surface area contributed by atoms with Gasteiger partial charge in [0, 0.05) is 12.1 Å². The highest BCUT2D eigenvalue weighted by molar-refractivity contribution is 7.22. The number of aryl methyl sites for hydroxylation is 2. The minimum absolute atomic E-state index is 0.262. The van der Waals surface area contributed by atoms with E-state index in [1.807, 2.05) is 50.2 Å². The first-order chi connectivity index (χ1) is 15.4. The quantitative estimate of drug-likeness (QED) is 0.331. The van der Waals surface area contributed by atoms with Gasteiger partial charge in [-0.15, -0.1) is 0 Å². The fraction of sp³-hybridized carbons (Fsp3) is 0.125. The van der Waals surface area contributed by atoms with Gasteiger partial charge in [0.05, 0.1) is 20.9 Å². The van der Waals surface area contributed by atoms with Crippen LogP contribution < -0.4 is 16.0 Å². The summed E-state index contributed by atoms with van der Waals surface area (Å²) in [5.41, 5.74) is 4.84. The molecule has 3 N–H and O–H groups in total. The number of aromatic nitrogens is 1. The Kier molecular flexibility index (Phi) is 6.39. The van der Waals surface area contributed by atoms with Gasteiger partial charge in [-0.2, -0.15) is 0 Å². The predicted octanol–water partition coefficient (Wildman–Crippen LogP) is 6.14. The number of hydrogen-bond donors (Lipinski definition) is 3. The van der Waals surface area contributed by atoms with E-state index in [0.29, 0.717) is 33.5 Å². The number of benzene rings is 3. The minimum atomic E-state index is -0.336. The number of para-hydroxylation sites is 1. The zero-order valence-corrected chi connectivity index (χ0v) is 19.1. The van der Waals surface area contributed by atoms with Crippen LogP contribution in [0.3, 0.4) is 0 Å². The van der Waals surface area contributed by atoms with E-state index in [1.54, 1.807) is 24.3 Å². The minimum Gasteiger partial charge on any atom is -0.334 e. The van der Waals surface area contributed by atoms with Crippen LogP contribution in [0.25, 0.3) is 10.2 Å². The Bertz CT molecular complexity index is 1280. The molecule has 3 aromatic carbocycles. The second-order valence-corrected chi connectivity index (χ2v) is 8.82. The lowest BCUT2D eigenvalue weighted by Crippen LogP contribution is -2.28. The predicted molar refractivity (Wildman–Crippen MR) is 131 cm³/mol. The first-order valence-corrected chi connectivity index (χ1v) is 11.2. The zero-order chi connectivity index (χ0) is 22.7. The average Bonchev–Trinajstić information content (AvgIpc) is 3.17. The van der Waals surface area contributed by atoms with E-state index in [9.17, 15) is 9.59 Å². The topological polar surface area (TPSA) is 83.1 Å². The first kappa shape index (κ1) is 21.8. The van der Waals surface area contributed by atoms with Gasteiger partial charge >= 0.3 is 6.03 Å². The van der Waals surface area contributed by atoms with Gasteiger partial charge in [0.1, 0.15) is 0 Å². The Morgan fingerprint density at radius 2 is 1.78 bits per heavy atom. The highest BCUT2D eigenvalue weighted by atomic mass is 35.5. The number of anilines is 2. The van der Waals surface area contributed by atoms with Gasteiger partial charge in [-0.1, -0.05) is 64.9 Å². The summed E-state index contributed by atoms with van der Waals surface area (Å²) in [6.07, 6.45) is 0. The second kappa shape index (κ2) is 9.38. The zero-order valence-electron chi connectivity index (χ0n) is 17.5. The normalized spacial score (nSPS) is 10.7. The van der Waals surface area contributed by atoms with Crippen LogP contribution in [0.2, 0.25) is 5.02 Å². The molecular weight excluding hydrogens is 444 g/mol. The van der Waals surface area contributed by atoms with Crippen molar-refractivity contribution < 1.29 is 9.59 Å². The molecule has 162 valence electrons. The van der Waals surface area contributed by atoms with Crippen molar-refractivity contribution >= 4 is 55.9 Å².